The van der Waals surface area contributed by atoms with Crippen molar-refractivity contribution in [3.05, 3.63) is 86.0 Å². The Bertz CT molecular complexity index is 1560. The fourth-order valence-corrected chi connectivity index (χ4v) is 6.27. The minimum atomic E-state index is -1.43. The summed E-state index contributed by atoms with van der Waals surface area (Å²) < 4.78 is 11.0. The summed E-state index contributed by atoms with van der Waals surface area (Å²) in [5.41, 5.74) is 0.240. The molecule has 2 aliphatic heterocycles. The number of methoxy groups -OCH3 is 1. The first-order valence-electron chi connectivity index (χ1n) is 12.5. The second-order valence-corrected chi connectivity index (χ2v) is 11.7. The summed E-state index contributed by atoms with van der Waals surface area (Å²) in [5.74, 6) is -2.04. The van der Waals surface area contributed by atoms with Crippen LogP contribution in [0.15, 0.2) is 48.7 Å². The van der Waals surface area contributed by atoms with Crippen LogP contribution in [0.2, 0.25) is 15.1 Å². The number of halogens is 3. The van der Waals surface area contributed by atoms with E-state index >= 15 is 0 Å². The fraction of sp³-hybridized carbons (Fsp3) is 0.310. The number of amides is 2. The number of rotatable bonds is 5. The minimum Gasteiger partial charge on any atom is -0.466 e. The maximum absolute atomic E-state index is 14.3. The average molecular weight is 603 g/mol. The standard InChI is InChI=1S/C29H26Cl3N3O5/c1-14-5-6-15(30)9-18(14)24-29(20-8-7-16(31)11-22(20)34-26(29)37)21(12-23(36)35-24)19-10-17(32)13-33-25(19)40-28(2,3)27(38)39-4/h5-11,13,21,24H,12H2,1-4H3,(H,34,37)(H,35,36)/t21-,24+,29?/m1/s1. The van der Waals surface area contributed by atoms with Crippen molar-refractivity contribution in [1.82, 2.24) is 10.3 Å². The summed E-state index contributed by atoms with van der Waals surface area (Å²) in [7, 11) is 1.26. The third-order valence-electron chi connectivity index (χ3n) is 7.55. The predicted molar refractivity (Wildman–Crippen MR) is 152 cm³/mol. The highest BCUT2D eigenvalue weighted by atomic mass is 35.5. The molecule has 2 aromatic carbocycles. The van der Waals surface area contributed by atoms with Gasteiger partial charge in [0.2, 0.25) is 23.3 Å². The molecule has 1 saturated heterocycles. The van der Waals surface area contributed by atoms with Crippen molar-refractivity contribution in [2.24, 2.45) is 0 Å². The van der Waals surface area contributed by atoms with Crippen LogP contribution in [0.4, 0.5) is 5.69 Å². The summed E-state index contributed by atoms with van der Waals surface area (Å²) in [5, 5.41) is 7.21. The normalized spacial score (nSPS) is 22.0. The number of hydrogen-bond acceptors (Lipinski definition) is 6. The SMILES string of the molecule is COC(=O)C(C)(C)Oc1ncc(Cl)cc1[C@H]1CC(=O)N[C@@H](c2cc(Cl)ccc2C)C12C(=O)Nc1cc(Cl)ccc12. The van der Waals surface area contributed by atoms with Crippen LogP contribution >= 0.6 is 34.8 Å². The van der Waals surface area contributed by atoms with E-state index in [9.17, 15) is 14.4 Å². The highest BCUT2D eigenvalue weighted by Crippen LogP contribution is 2.59. The topological polar surface area (TPSA) is 107 Å². The number of ether oxygens (including phenoxy) is 2. The van der Waals surface area contributed by atoms with Crippen LogP contribution in [-0.4, -0.2) is 35.5 Å². The van der Waals surface area contributed by atoms with Gasteiger partial charge in [-0.3, -0.25) is 9.59 Å². The molecule has 2 N–H and O–H groups in total. The van der Waals surface area contributed by atoms with Crippen molar-refractivity contribution < 1.29 is 23.9 Å². The number of anilines is 1. The molecule has 0 bridgehead atoms. The largest absolute Gasteiger partial charge is 0.466 e. The van der Waals surface area contributed by atoms with E-state index in [1.54, 1.807) is 50.2 Å². The molecule has 1 spiro atoms. The Morgan fingerprint density at radius 1 is 1.02 bits per heavy atom. The van der Waals surface area contributed by atoms with Gasteiger partial charge in [-0.15, -0.1) is 0 Å². The van der Waals surface area contributed by atoms with Gasteiger partial charge >= 0.3 is 5.97 Å². The molecule has 3 heterocycles. The molecule has 8 nitrogen and oxygen atoms in total. The van der Waals surface area contributed by atoms with Crippen molar-refractivity contribution in [3.63, 3.8) is 0 Å². The number of benzene rings is 2. The van der Waals surface area contributed by atoms with Crippen LogP contribution in [-0.2, 0) is 24.5 Å². The van der Waals surface area contributed by atoms with Crippen LogP contribution in [0.5, 0.6) is 5.88 Å². The molecule has 3 atom stereocenters. The first kappa shape index (κ1) is 28.2. The zero-order valence-electron chi connectivity index (χ0n) is 22.1. The number of fused-ring (bicyclic) bond motifs is 2. The molecule has 1 aromatic heterocycles. The van der Waals surface area contributed by atoms with Gasteiger partial charge in [-0.05, 0) is 67.8 Å². The Kier molecular flexibility index (Phi) is 7.23. The lowest BCUT2D eigenvalue weighted by molar-refractivity contribution is -0.156. The van der Waals surface area contributed by atoms with Crippen LogP contribution < -0.4 is 15.4 Å². The number of nitrogens with one attached hydrogen (secondary N) is 2. The second-order valence-electron chi connectivity index (χ2n) is 10.4. The molecule has 40 heavy (non-hydrogen) atoms. The van der Waals surface area contributed by atoms with Crippen molar-refractivity contribution in [1.29, 1.82) is 0 Å². The number of aromatic nitrogens is 1. The molecular weight excluding hydrogens is 577 g/mol. The second kappa shape index (κ2) is 10.3. The zero-order valence-corrected chi connectivity index (χ0v) is 24.4. The van der Waals surface area contributed by atoms with E-state index in [0.717, 1.165) is 5.56 Å². The number of nitrogens with zero attached hydrogens (tertiary/aromatic N) is 1. The Hall–Kier alpha value is -3.33. The molecule has 2 amide bonds. The molecule has 11 heteroatoms. The number of esters is 1. The number of pyridine rings is 1. The Morgan fingerprint density at radius 2 is 1.70 bits per heavy atom. The van der Waals surface area contributed by atoms with Gasteiger partial charge in [-0.25, -0.2) is 9.78 Å². The van der Waals surface area contributed by atoms with E-state index in [-0.39, 0.29) is 29.1 Å². The summed E-state index contributed by atoms with van der Waals surface area (Å²) >= 11 is 19.2. The van der Waals surface area contributed by atoms with Gasteiger partial charge in [0.15, 0.2) is 0 Å². The fourth-order valence-electron chi connectivity index (χ4n) is 5.75. The first-order valence-corrected chi connectivity index (χ1v) is 13.6. The minimum absolute atomic E-state index is 0.0515. The molecule has 1 fully saturated rings. The number of hydrogen-bond donors (Lipinski definition) is 2. The van der Waals surface area contributed by atoms with E-state index in [4.69, 9.17) is 44.3 Å². The molecule has 0 aliphatic carbocycles. The lowest BCUT2D eigenvalue weighted by atomic mass is 9.59. The quantitative estimate of drug-likeness (QED) is 0.352. The third kappa shape index (κ3) is 4.58. The average Bonchev–Trinajstić information content (AvgIpc) is 3.18. The van der Waals surface area contributed by atoms with Crippen molar-refractivity contribution >= 4 is 58.3 Å². The van der Waals surface area contributed by atoms with Crippen molar-refractivity contribution in [2.45, 2.75) is 50.2 Å². The van der Waals surface area contributed by atoms with Gasteiger partial charge < -0.3 is 20.1 Å². The lowest BCUT2D eigenvalue weighted by Crippen LogP contribution is -2.57. The monoisotopic (exact) mass is 601 g/mol. The van der Waals surface area contributed by atoms with Crippen molar-refractivity contribution in [2.75, 3.05) is 12.4 Å². The predicted octanol–water partition coefficient (Wildman–Crippen LogP) is 5.92. The highest BCUT2D eigenvalue weighted by Gasteiger charge is 2.62. The van der Waals surface area contributed by atoms with Gasteiger partial charge in [0.05, 0.1) is 18.2 Å². The number of aryl methyl sites for hydroxylation is 1. The molecule has 5 rings (SSSR count). The van der Waals surface area contributed by atoms with Gasteiger partial charge in [0.1, 0.15) is 5.41 Å². The molecule has 2 aliphatic rings. The molecule has 208 valence electrons. The van der Waals surface area contributed by atoms with E-state index in [1.807, 2.05) is 13.0 Å². The van der Waals surface area contributed by atoms with Crippen LogP contribution in [0.3, 0.4) is 0 Å². The van der Waals surface area contributed by atoms with Crippen molar-refractivity contribution in [3.8, 4) is 5.88 Å². The van der Waals surface area contributed by atoms with Crippen LogP contribution in [0, 0.1) is 6.92 Å². The highest BCUT2D eigenvalue weighted by molar-refractivity contribution is 6.31. The smallest absolute Gasteiger partial charge is 0.349 e. The van der Waals surface area contributed by atoms with Gasteiger partial charge in [0, 0.05) is 39.8 Å². The van der Waals surface area contributed by atoms with E-state index < -0.39 is 28.9 Å². The Morgan fingerprint density at radius 3 is 2.42 bits per heavy atom. The maximum atomic E-state index is 14.3. The maximum Gasteiger partial charge on any atom is 0.349 e. The molecule has 1 unspecified atom stereocenters. The van der Waals surface area contributed by atoms with Gasteiger partial charge in [0.25, 0.3) is 0 Å². The van der Waals surface area contributed by atoms with E-state index in [2.05, 4.69) is 15.6 Å². The summed E-state index contributed by atoms with van der Waals surface area (Å²) in [4.78, 5) is 44.6. The zero-order chi connectivity index (χ0) is 29.0. The first-order chi connectivity index (χ1) is 18.9. The summed E-state index contributed by atoms with van der Waals surface area (Å²) in [6.45, 7) is 4.97. The number of piperidine rings is 1. The van der Waals surface area contributed by atoms with Crippen LogP contribution in [0.25, 0.3) is 0 Å². The van der Waals surface area contributed by atoms with Gasteiger partial charge in [-0.1, -0.05) is 46.9 Å². The molecule has 0 saturated carbocycles. The lowest BCUT2D eigenvalue weighted by Gasteiger charge is -2.47. The Labute approximate surface area is 246 Å². The molecule has 0 radical (unpaired) electrons. The third-order valence-corrected chi connectivity index (χ3v) is 8.23. The van der Waals surface area contributed by atoms with Crippen LogP contribution in [0.1, 0.15) is 54.5 Å². The summed E-state index contributed by atoms with van der Waals surface area (Å²) in [6.07, 6.45) is 1.28. The van der Waals surface area contributed by atoms with E-state index in [0.29, 0.717) is 32.4 Å². The Balaban J connectivity index is 1.81. The van der Waals surface area contributed by atoms with E-state index in [1.165, 1.54) is 13.3 Å². The molecule has 3 aromatic rings. The summed E-state index contributed by atoms with van der Waals surface area (Å²) in [6, 6.07) is 11.3. The number of carbonyl (C=O) groups excluding carboxylic acids is 3. The molecular formula is C29H26Cl3N3O5. The van der Waals surface area contributed by atoms with Gasteiger partial charge in [-0.2, -0.15) is 0 Å². The number of carbonyl (C=O) groups is 3.